The summed E-state index contributed by atoms with van der Waals surface area (Å²) in [6.45, 7) is 6.38. The lowest BCUT2D eigenvalue weighted by atomic mass is 9.91. The van der Waals surface area contributed by atoms with Gasteiger partial charge in [-0.15, -0.1) is 0 Å². The van der Waals surface area contributed by atoms with Crippen molar-refractivity contribution in [3.63, 3.8) is 0 Å². The molecule has 1 saturated carbocycles. The first-order valence-electron chi connectivity index (χ1n) is 8.32. The van der Waals surface area contributed by atoms with E-state index in [0.29, 0.717) is 0 Å². The lowest BCUT2D eigenvalue weighted by molar-refractivity contribution is 0.145. The van der Waals surface area contributed by atoms with E-state index in [1.807, 2.05) is 0 Å². The van der Waals surface area contributed by atoms with Crippen LogP contribution in [0.5, 0.6) is 0 Å². The van der Waals surface area contributed by atoms with E-state index >= 15 is 0 Å². The third kappa shape index (κ3) is 2.75. The van der Waals surface area contributed by atoms with Gasteiger partial charge in [0.15, 0.2) is 0 Å². The minimum absolute atomic E-state index is 0.765. The second kappa shape index (κ2) is 5.92. The average molecular weight is 250 g/mol. The first kappa shape index (κ1) is 12.9. The van der Waals surface area contributed by atoms with Crippen LogP contribution >= 0.6 is 0 Å². The van der Waals surface area contributed by atoms with E-state index in [1.54, 1.807) is 0 Å². The van der Waals surface area contributed by atoms with Gasteiger partial charge in [-0.2, -0.15) is 0 Å². The van der Waals surface area contributed by atoms with E-state index < -0.39 is 0 Å². The Morgan fingerprint density at radius 1 is 1.00 bits per heavy atom. The molecule has 3 unspecified atom stereocenters. The summed E-state index contributed by atoms with van der Waals surface area (Å²) in [6.07, 6.45) is 11.7. The largest absolute Gasteiger partial charge is 0.312 e. The molecule has 2 saturated heterocycles. The molecule has 104 valence electrons. The molecule has 18 heavy (non-hydrogen) atoms. The van der Waals surface area contributed by atoms with Crippen LogP contribution < -0.4 is 5.32 Å². The highest BCUT2D eigenvalue weighted by molar-refractivity contribution is 4.91. The summed E-state index contributed by atoms with van der Waals surface area (Å²) in [6, 6.07) is 1.70. The molecule has 3 aliphatic rings. The fourth-order valence-corrected chi connectivity index (χ4v) is 4.57. The van der Waals surface area contributed by atoms with E-state index in [2.05, 4.69) is 17.1 Å². The predicted molar refractivity (Wildman–Crippen MR) is 76.7 cm³/mol. The first-order valence-corrected chi connectivity index (χ1v) is 8.32. The van der Waals surface area contributed by atoms with Crippen LogP contribution in [-0.4, -0.2) is 36.6 Å². The molecular formula is C16H30N2. The molecule has 0 aromatic carbocycles. The van der Waals surface area contributed by atoms with Crippen molar-refractivity contribution < 1.29 is 0 Å². The number of piperidine rings is 1. The van der Waals surface area contributed by atoms with E-state index in [0.717, 1.165) is 23.9 Å². The smallest absolute Gasteiger partial charge is 0.0220 e. The summed E-state index contributed by atoms with van der Waals surface area (Å²) >= 11 is 0. The third-order valence-electron chi connectivity index (χ3n) is 5.72. The molecule has 2 heteroatoms. The number of hydrogen-bond acceptors (Lipinski definition) is 2. The Morgan fingerprint density at radius 2 is 1.83 bits per heavy atom. The van der Waals surface area contributed by atoms with Crippen LogP contribution in [0.15, 0.2) is 0 Å². The molecule has 3 fully saturated rings. The Bertz CT molecular complexity index is 260. The van der Waals surface area contributed by atoms with Crippen molar-refractivity contribution in [2.24, 2.45) is 11.8 Å². The maximum absolute atomic E-state index is 3.77. The molecular weight excluding hydrogens is 220 g/mol. The van der Waals surface area contributed by atoms with Crippen molar-refractivity contribution in [3.05, 3.63) is 0 Å². The average Bonchev–Trinajstić information content (AvgIpc) is 3.02. The Hall–Kier alpha value is -0.0800. The van der Waals surface area contributed by atoms with E-state index in [9.17, 15) is 0 Å². The zero-order chi connectivity index (χ0) is 12.4. The topological polar surface area (TPSA) is 15.3 Å². The Morgan fingerprint density at radius 3 is 2.61 bits per heavy atom. The highest BCUT2D eigenvalue weighted by Gasteiger charge is 2.35. The van der Waals surface area contributed by atoms with Crippen LogP contribution in [-0.2, 0) is 0 Å². The highest BCUT2D eigenvalue weighted by atomic mass is 15.2. The molecule has 3 rings (SSSR count). The van der Waals surface area contributed by atoms with E-state index in [4.69, 9.17) is 0 Å². The van der Waals surface area contributed by atoms with Crippen LogP contribution in [0.1, 0.15) is 58.3 Å². The van der Waals surface area contributed by atoms with E-state index in [1.165, 1.54) is 71.0 Å². The van der Waals surface area contributed by atoms with Gasteiger partial charge in [0, 0.05) is 18.6 Å². The lowest BCUT2D eigenvalue weighted by Gasteiger charge is -2.37. The van der Waals surface area contributed by atoms with Crippen molar-refractivity contribution in [1.29, 1.82) is 0 Å². The van der Waals surface area contributed by atoms with E-state index in [-0.39, 0.29) is 0 Å². The number of nitrogens with zero attached hydrogens (tertiary/aromatic N) is 1. The van der Waals surface area contributed by atoms with Gasteiger partial charge in [-0.1, -0.05) is 19.8 Å². The molecule has 3 atom stereocenters. The molecule has 2 aliphatic heterocycles. The molecule has 2 nitrogen and oxygen atoms in total. The van der Waals surface area contributed by atoms with Gasteiger partial charge in [0.05, 0.1) is 0 Å². The van der Waals surface area contributed by atoms with Crippen molar-refractivity contribution in [3.8, 4) is 0 Å². The fraction of sp³-hybridized carbons (Fsp3) is 1.00. The monoisotopic (exact) mass is 250 g/mol. The summed E-state index contributed by atoms with van der Waals surface area (Å²) in [5.74, 6) is 1.91. The van der Waals surface area contributed by atoms with Crippen LogP contribution in [0.3, 0.4) is 0 Å². The zero-order valence-corrected chi connectivity index (χ0v) is 12.0. The molecule has 0 amide bonds. The van der Waals surface area contributed by atoms with Gasteiger partial charge in [0.2, 0.25) is 0 Å². The molecule has 1 aliphatic carbocycles. The Labute approximate surface area is 113 Å². The zero-order valence-electron chi connectivity index (χ0n) is 12.0. The quantitative estimate of drug-likeness (QED) is 0.828. The van der Waals surface area contributed by atoms with Crippen molar-refractivity contribution in [2.75, 3.05) is 19.6 Å². The van der Waals surface area contributed by atoms with Crippen molar-refractivity contribution in [1.82, 2.24) is 10.2 Å². The van der Waals surface area contributed by atoms with Gasteiger partial charge >= 0.3 is 0 Å². The van der Waals surface area contributed by atoms with Gasteiger partial charge in [-0.3, -0.25) is 4.90 Å². The highest BCUT2D eigenvalue weighted by Crippen LogP contribution is 2.35. The second-order valence-electron chi connectivity index (χ2n) is 6.93. The van der Waals surface area contributed by atoms with Crippen molar-refractivity contribution >= 4 is 0 Å². The molecule has 0 aromatic heterocycles. The van der Waals surface area contributed by atoms with Crippen LogP contribution in [0.2, 0.25) is 0 Å². The maximum atomic E-state index is 3.77. The van der Waals surface area contributed by atoms with Crippen LogP contribution in [0, 0.1) is 11.8 Å². The fourth-order valence-electron chi connectivity index (χ4n) is 4.57. The summed E-state index contributed by atoms with van der Waals surface area (Å²) in [5, 5.41) is 3.77. The summed E-state index contributed by atoms with van der Waals surface area (Å²) < 4.78 is 0. The molecule has 0 radical (unpaired) electrons. The number of rotatable bonds is 3. The predicted octanol–water partition coefficient (Wildman–Crippen LogP) is 3.03. The summed E-state index contributed by atoms with van der Waals surface area (Å²) in [4.78, 5) is 2.84. The van der Waals surface area contributed by atoms with Crippen molar-refractivity contribution in [2.45, 2.75) is 70.4 Å². The molecule has 0 bridgehead atoms. The van der Waals surface area contributed by atoms with Gasteiger partial charge in [0.1, 0.15) is 0 Å². The minimum Gasteiger partial charge on any atom is -0.312 e. The van der Waals surface area contributed by atoms with Crippen LogP contribution in [0.4, 0.5) is 0 Å². The summed E-state index contributed by atoms with van der Waals surface area (Å²) in [7, 11) is 0. The Kier molecular flexibility index (Phi) is 4.25. The number of hydrogen-bond donors (Lipinski definition) is 1. The SMILES string of the molecule is CC1CCCNC1CN1CCCC1C1CCCC1. The Balaban J connectivity index is 1.56. The van der Waals surface area contributed by atoms with Gasteiger partial charge in [-0.25, -0.2) is 0 Å². The molecule has 1 N–H and O–H groups in total. The summed E-state index contributed by atoms with van der Waals surface area (Å²) in [5.41, 5.74) is 0. The number of nitrogens with one attached hydrogen (secondary N) is 1. The van der Waals surface area contributed by atoms with Gasteiger partial charge in [0.25, 0.3) is 0 Å². The third-order valence-corrected chi connectivity index (χ3v) is 5.72. The second-order valence-corrected chi connectivity index (χ2v) is 6.93. The first-order chi connectivity index (χ1) is 8.84. The molecule has 0 spiro atoms. The molecule has 2 heterocycles. The maximum Gasteiger partial charge on any atom is 0.0220 e. The number of likely N-dealkylation sites (tertiary alicyclic amines) is 1. The normalized spacial score (nSPS) is 39.5. The molecule has 0 aromatic rings. The van der Waals surface area contributed by atoms with Crippen LogP contribution in [0.25, 0.3) is 0 Å². The minimum atomic E-state index is 0.765. The van der Waals surface area contributed by atoms with Gasteiger partial charge in [-0.05, 0) is 63.5 Å². The van der Waals surface area contributed by atoms with Gasteiger partial charge < -0.3 is 5.32 Å². The lowest BCUT2D eigenvalue weighted by Crippen LogP contribution is -2.50. The standard InChI is InChI=1S/C16H30N2/c1-13-6-4-10-17-15(13)12-18-11-5-9-16(18)14-7-2-3-8-14/h13-17H,2-12H2,1H3.